The highest BCUT2D eigenvalue weighted by atomic mass is 19.1. The molecular weight excluding hydrogens is 351 g/mol. The van der Waals surface area contributed by atoms with Crippen molar-refractivity contribution in [3.63, 3.8) is 0 Å². The van der Waals surface area contributed by atoms with E-state index in [-0.39, 0.29) is 36.8 Å². The van der Waals surface area contributed by atoms with Crippen molar-refractivity contribution < 1.29 is 23.5 Å². The lowest BCUT2D eigenvalue weighted by molar-refractivity contribution is -0.134. The monoisotopic (exact) mass is 372 g/mol. The average molecular weight is 372 g/mol. The second kappa shape index (κ2) is 9.47. The Kier molecular flexibility index (Phi) is 7.05. The molecule has 0 bridgehead atoms. The Morgan fingerprint density at radius 1 is 1.11 bits per heavy atom. The molecule has 6 nitrogen and oxygen atoms in total. The number of halogens is 1. The van der Waals surface area contributed by atoms with Gasteiger partial charge < -0.3 is 15.4 Å². The molecule has 7 heteroatoms. The number of carbonyl (C=O) groups excluding carboxylic acids is 3. The van der Waals surface area contributed by atoms with Gasteiger partial charge >= 0.3 is 0 Å². The van der Waals surface area contributed by atoms with Crippen LogP contribution in [0.5, 0.6) is 5.75 Å². The normalized spacial score (nSPS) is 10.3. The van der Waals surface area contributed by atoms with Gasteiger partial charge in [-0.2, -0.15) is 0 Å². The van der Waals surface area contributed by atoms with Crippen molar-refractivity contribution in [2.45, 2.75) is 19.9 Å². The lowest BCUT2D eigenvalue weighted by Gasteiger charge is -2.22. The molecule has 0 aliphatic heterocycles. The molecule has 2 N–H and O–H groups in total. The summed E-state index contributed by atoms with van der Waals surface area (Å²) in [5.74, 6) is -1.84. The molecule has 0 spiro atoms. The van der Waals surface area contributed by atoms with Crippen LogP contribution in [0.2, 0.25) is 0 Å². The van der Waals surface area contributed by atoms with Crippen LogP contribution in [0.4, 0.5) is 4.39 Å². The third-order valence-corrected chi connectivity index (χ3v) is 3.88. The van der Waals surface area contributed by atoms with Gasteiger partial charge in [0.2, 0.25) is 5.91 Å². The Labute approximate surface area is 156 Å². The number of hydrogen-bond acceptors (Lipinski definition) is 4. The van der Waals surface area contributed by atoms with Gasteiger partial charge in [0, 0.05) is 25.6 Å². The van der Waals surface area contributed by atoms with Gasteiger partial charge in [-0.15, -0.1) is 0 Å². The lowest BCUT2D eigenvalue weighted by atomic mass is 10.1. The summed E-state index contributed by atoms with van der Waals surface area (Å²) >= 11 is 0. The Balaban J connectivity index is 2.02. The molecule has 0 atom stereocenters. The van der Waals surface area contributed by atoms with Crippen molar-refractivity contribution in [1.82, 2.24) is 4.90 Å². The molecule has 27 heavy (non-hydrogen) atoms. The first kappa shape index (κ1) is 20.1. The molecule has 0 saturated heterocycles. The highest BCUT2D eigenvalue weighted by molar-refractivity contribution is 5.94. The van der Waals surface area contributed by atoms with Crippen molar-refractivity contribution in [3.05, 3.63) is 65.5 Å². The van der Waals surface area contributed by atoms with Crippen molar-refractivity contribution in [2.75, 3.05) is 13.2 Å². The van der Waals surface area contributed by atoms with Crippen LogP contribution >= 0.6 is 0 Å². The number of ether oxygens (including phenoxy) is 1. The first-order valence-electron chi connectivity index (χ1n) is 8.40. The van der Waals surface area contributed by atoms with Crippen LogP contribution in [0.15, 0.2) is 48.5 Å². The Bertz CT molecular complexity index is 824. The summed E-state index contributed by atoms with van der Waals surface area (Å²) in [6, 6.07) is 13.1. The van der Waals surface area contributed by atoms with Gasteiger partial charge in [-0.05, 0) is 24.6 Å². The molecule has 2 rings (SSSR count). The first-order valence-corrected chi connectivity index (χ1v) is 8.40. The molecule has 2 aromatic carbocycles. The van der Waals surface area contributed by atoms with Crippen LogP contribution in [0, 0.1) is 5.82 Å². The van der Waals surface area contributed by atoms with Crippen molar-refractivity contribution >= 4 is 17.6 Å². The van der Waals surface area contributed by atoms with Gasteiger partial charge in [0.05, 0.1) is 5.56 Å². The summed E-state index contributed by atoms with van der Waals surface area (Å²) in [5, 5.41) is 0. The number of hydrogen-bond donors (Lipinski definition) is 1. The summed E-state index contributed by atoms with van der Waals surface area (Å²) in [7, 11) is 0. The maximum Gasteiger partial charge on any atom is 0.260 e. The molecule has 0 unspecified atom stereocenters. The maximum absolute atomic E-state index is 13.8. The van der Waals surface area contributed by atoms with E-state index in [2.05, 4.69) is 0 Å². The molecular formula is C20H21FN2O4. The van der Waals surface area contributed by atoms with Gasteiger partial charge in [0.1, 0.15) is 11.6 Å². The summed E-state index contributed by atoms with van der Waals surface area (Å²) < 4.78 is 19.2. The van der Waals surface area contributed by atoms with Gasteiger partial charge in [-0.3, -0.25) is 14.4 Å². The van der Waals surface area contributed by atoms with Crippen molar-refractivity contribution in [3.8, 4) is 5.75 Å². The fourth-order valence-corrected chi connectivity index (χ4v) is 2.45. The van der Waals surface area contributed by atoms with E-state index < -0.39 is 17.5 Å². The third-order valence-electron chi connectivity index (χ3n) is 3.88. The Hall–Kier alpha value is -3.22. The number of amides is 2. The topological polar surface area (TPSA) is 89.7 Å². The number of rotatable bonds is 9. The molecule has 2 aromatic rings. The fourth-order valence-electron chi connectivity index (χ4n) is 2.45. The van der Waals surface area contributed by atoms with Crippen LogP contribution in [0.25, 0.3) is 0 Å². The summed E-state index contributed by atoms with van der Waals surface area (Å²) in [6.45, 7) is 1.39. The van der Waals surface area contributed by atoms with Crippen LogP contribution in [0.3, 0.4) is 0 Å². The highest BCUT2D eigenvalue weighted by Crippen LogP contribution is 2.17. The molecule has 0 aromatic heterocycles. The van der Waals surface area contributed by atoms with E-state index in [1.807, 2.05) is 30.3 Å². The molecule has 0 radical (unpaired) electrons. The average Bonchev–Trinajstić information content (AvgIpc) is 2.63. The first-order chi connectivity index (χ1) is 12.9. The minimum Gasteiger partial charge on any atom is -0.484 e. The largest absolute Gasteiger partial charge is 0.484 e. The molecule has 0 aliphatic rings. The molecule has 0 saturated carbocycles. The zero-order chi connectivity index (χ0) is 19.8. The van der Waals surface area contributed by atoms with Crippen LogP contribution in [-0.4, -0.2) is 35.6 Å². The molecule has 0 heterocycles. The van der Waals surface area contributed by atoms with Crippen LogP contribution < -0.4 is 10.5 Å². The SMILES string of the molecule is CC(=O)c1ccc(OCC(=O)N(CCC(N)=O)Cc2ccccc2)cc1F. The van der Waals surface area contributed by atoms with E-state index in [9.17, 15) is 18.8 Å². The lowest BCUT2D eigenvalue weighted by Crippen LogP contribution is -2.36. The summed E-state index contributed by atoms with van der Waals surface area (Å²) in [5.41, 5.74) is 6.03. The van der Waals surface area contributed by atoms with Crippen LogP contribution in [0.1, 0.15) is 29.3 Å². The van der Waals surface area contributed by atoms with Crippen molar-refractivity contribution in [2.24, 2.45) is 5.73 Å². The number of ketones is 1. The number of primary amides is 1. The van der Waals surface area contributed by atoms with E-state index in [1.54, 1.807) is 0 Å². The minimum absolute atomic E-state index is 0.0283. The van der Waals surface area contributed by atoms with Gasteiger partial charge in [-0.25, -0.2) is 4.39 Å². The smallest absolute Gasteiger partial charge is 0.260 e. The summed E-state index contributed by atoms with van der Waals surface area (Å²) in [6.07, 6.45) is 0.0283. The van der Waals surface area contributed by atoms with E-state index >= 15 is 0 Å². The number of benzene rings is 2. The molecule has 142 valence electrons. The van der Waals surface area contributed by atoms with Gasteiger partial charge in [0.15, 0.2) is 12.4 Å². The standard InChI is InChI=1S/C20H21FN2O4/c1-14(24)17-8-7-16(11-18(17)21)27-13-20(26)23(10-9-19(22)25)12-15-5-3-2-4-6-15/h2-8,11H,9-10,12-13H2,1H3,(H2,22,25). The number of Topliss-reactive ketones (excluding diaryl/α,β-unsaturated/α-hetero) is 1. The van der Waals surface area contributed by atoms with E-state index in [0.717, 1.165) is 11.6 Å². The second-order valence-corrected chi connectivity index (χ2v) is 6.00. The van der Waals surface area contributed by atoms with E-state index in [0.29, 0.717) is 6.54 Å². The third kappa shape index (κ3) is 6.22. The number of nitrogens with zero attached hydrogens (tertiary/aromatic N) is 1. The zero-order valence-corrected chi connectivity index (χ0v) is 15.0. The molecule has 0 fully saturated rings. The molecule has 2 amide bonds. The molecule has 0 aliphatic carbocycles. The maximum atomic E-state index is 13.8. The van der Waals surface area contributed by atoms with Gasteiger partial charge in [0.25, 0.3) is 5.91 Å². The number of nitrogens with two attached hydrogens (primary N) is 1. The fraction of sp³-hybridized carbons (Fsp3) is 0.250. The zero-order valence-electron chi connectivity index (χ0n) is 15.0. The minimum atomic E-state index is -0.706. The Morgan fingerprint density at radius 3 is 2.41 bits per heavy atom. The Morgan fingerprint density at radius 2 is 1.81 bits per heavy atom. The predicted octanol–water partition coefficient (Wildman–Crippen LogP) is 2.31. The van der Waals surface area contributed by atoms with Crippen molar-refractivity contribution in [1.29, 1.82) is 0 Å². The summed E-state index contributed by atoms with van der Waals surface area (Å²) in [4.78, 5) is 36.3. The van der Waals surface area contributed by atoms with Gasteiger partial charge in [-0.1, -0.05) is 30.3 Å². The quantitative estimate of drug-likeness (QED) is 0.684. The highest BCUT2D eigenvalue weighted by Gasteiger charge is 2.16. The van der Waals surface area contributed by atoms with E-state index in [4.69, 9.17) is 10.5 Å². The number of carbonyl (C=O) groups is 3. The second-order valence-electron chi connectivity index (χ2n) is 6.00. The van der Waals surface area contributed by atoms with Crippen LogP contribution in [-0.2, 0) is 16.1 Å². The predicted molar refractivity (Wildman–Crippen MR) is 97.6 cm³/mol. The van der Waals surface area contributed by atoms with E-state index in [1.165, 1.54) is 24.0 Å².